The molecule has 146 valence electrons. The second kappa shape index (κ2) is 8.71. The Hall–Kier alpha value is -2.44. The van der Waals surface area contributed by atoms with Gasteiger partial charge in [-0.15, -0.1) is 0 Å². The van der Waals surface area contributed by atoms with Gasteiger partial charge in [0.05, 0.1) is 23.8 Å². The summed E-state index contributed by atoms with van der Waals surface area (Å²) >= 11 is 7.28. The van der Waals surface area contributed by atoms with Gasteiger partial charge in [-0.1, -0.05) is 17.7 Å². The molecule has 0 spiro atoms. The van der Waals surface area contributed by atoms with Crippen LogP contribution >= 0.6 is 23.4 Å². The Kier molecular flexibility index (Phi) is 6.31. The molecule has 1 heterocycles. The van der Waals surface area contributed by atoms with Crippen molar-refractivity contribution in [3.8, 4) is 11.5 Å². The van der Waals surface area contributed by atoms with Crippen LogP contribution in [0.15, 0.2) is 46.3 Å². The summed E-state index contributed by atoms with van der Waals surface area (Å²) in [6.07, 6.45) is 1.85. The van der Waals surface area contributed by atoms with Gasteiger partial charge in [0.1, 0.15) is 0 Å². The molecule has 5 nitrogen and oxygen atoms in total. The van der Waals surface area contributed by atoms with E-state index in [4.69, 9.17) is 21.1 Å². The SMILES string of the molecule is COc1cc(/C=C2\SC(=Nc3ccc(Cl)cc3C)NC2=O)ccc1OC(C)C. The number of amides is 1. The number of aryl methyl sites for hydroxylation is 1. The number of carbonyl (C=O) groups is 1. The van der Waals surface area contributed by atoms with Gasteiger partial charge in [-0.05, 0) is 80.1 Å². The summed E-state index contributed by atoms with van der Waals surface area (Å²) in [5.41, 5.74) is 2.55. The molecule has 1 saturated heterocycles. The molecular formula is C21H21ClN2O3S. The van der Waals surface area contributed by atoms with Gasteiger partial charge in [0.15, 0.2) is 16.7 Å². The Morgan fingerprint density at radius 3 is 2.64 bits per heavy atom. The lowest BCUT2D eigenvalue weighted by Gasteiger charge is -2.13. The largest absolute Gasteiger partial charge is 0.493 e. The molecule has 1 amide bonds. The van der Waals surface area contributed by atoms with Gasteiger partial charge in [-0.25, -0.2) is 4.99 Å². The van der Waals surface area contributed by atoms with Crippen molar-refractivity contribution in [2.24, 2.45) is 4.99 Å². The first-order valence-corrected chi connectivity index (χ1v) is 9.95. The summed E-state index contributed by atoms with van der Waals surface area (Å²) in [5.74, 6) is 1.11. The van der Waals surface area contributed by atoms with Crippen LogP contribution in [0.1, 0.15) is 25.0 Å². The van der Waals surface area contributed by atoms with Crippen molar-refractivity contribution in [1.82, 2.24) is 5.32 Å². The van der Waals surface area contributed by atoms with Crippen LogP contribution in [-0.4, -0.2) is 24.3 Å². The Labute approximate surface area is 173 Å². The van der Waals surface area contributed by atoms with Crippen LogP contribution < -0.4 is 14.8 Å². The Balaban J connectivity index is 1.83. The molecular weight excluding hydrogens is 396 g/mol. The van der Waals surface area contributed by atoms with Crippen molar-refractivity contribution in [2.75, 3.05) is 7.11 Å². The molecule has 0 aromatic heterocycles. The second-order valence-electron chi connectivity index (χ2n) is 6.49. The highest BCUT2D eigenvalue weighted by molar-refractivity contribution is 8.18. The molecule has 1 fully saturated rings. The number of methoxy groups -OCH3 is 1. The normalized spacial score (nSPS) is 16.7. The van der Waals surface area contributed by atoms with E-state index in [9.17, 15) is 4.79 Å². The maximum absolute atomic E-state index is 12.3. The molecule has 0 bridgehead atoms. The van der Waals surface area contributed by atoms with Crippen LogP contribution in [0, 0.1) is 6.92 Å². The average Bonchev–Trinajstić information content (AvgIpc) is 2.97. The second-order valence-corrected chi connectivity index (χ2v) is 7.96. The van der Waals surface area contributed by atoms with Crippen molar-refractivity contribution in [1.29, 1.82) is 0 Å². The molecule has 2 aromatic carbocycles. The van der Waals surface area contributed by atoms with Gasteiger partial charge in [0.25, 0.3) is 5.91 Å². The summed E-state index contributed by atoms with van der Waals surface area (Å²) in [6, 6.07) is 11.0. The van der Waals surface area contributed by atoms with E-state index in [1.54, 1.807) is 19.3 Å². The lowest BCUT2D eigenvalue weighted by atomic mass is 10.2. The van der Waals surface area contributed by atoms with E-state index in [-0.39, 0.29) is 12.0 Å². The number of amidine groups is 1. The van der Waals surface area contributed by atoms with Crippen LogP contribution in [0.4, 0.5) is 5.69 Å². The zero-order valence-electron chi connectivity index (χ0n) is 16.1. The van der Waals surface area contributed by atoms with Gasteiger partial charge in [0, 0.05) is 5.02 Å². The van der Waals surface area contributed by atoms with Gasteiger partial charge >= 0.3 is 0 Å². The molecule has 2 aromatic rings. The molecule has 0 unspecified atom stereocenters. The van der Waals surface area contributed by atoms with Crippen LogP contribution in [0.25, 0.3) is 6.08 Å². The smallest absolute Gasteiger partial charge is 0.264 e. The highest BCUT2D eigenvalue weighted by Gasteiger charge is 2.24. The summed E-state index contributed by atoms with van der Waals surface area (Å²) in [7, 11) is 1.59. The first kappa shape index (κ1) is 20.3. The molecule has 7 heteroatoms. The van der Waals surface area contributed by atoms with E-state index in [2.05, 4.69) is 10.3 Å². The number of hydrogen-bond acceptors (Lipinski definition) is 5. The minimum Gasteiger partial charge on any atom is -0.493 e. The minimum absolute atomic E-state index is 0.0457. The van der Waals surface area contributed by atoms with Crippen LogP contribution in [0.3, 0.4) is 0 Å². The Morgan fingerprint density at radius 2 is 1.96 bits per heavy atom. The molecule has 1 N–H and O–H groups in total. The standard InChI is InChI=1S/C21H21ClN2O3S/c1-12(2)27-17-8-5-14(10-18(17)26-4)11-19-20(25)24-21(28-19)23-16-7-6-15(22)9-13(16)3/h5-12H,1-4H3,(H,23,24,25)/b19-11-. The number of aliphatic imine (C=N–C) groups is 1. The fourth-order valence-corrected chi connectivity index (χ4v) is 3.67. The number of carbonyl (C=O) groups excluding carboxylic acids is 1. The molecule has 1 aliphatic rings. The third-order valence-electron chi connectivity index (χ3n) is 3.88. The maximum atomic E-state index is 12.3. The zero-order chi connectivity index (χ0) is 20.3. The monoisotopic (exact) mass is 416 g/mol. The fraction of sp³-hybridized carbons (Fsp3) is 0.238. The quantitative estimate of drug-likeness (QED) is 0.668. The lowest BCUT2D eigenvalue weighted by Crippen LogP contribution is -2.19. The lowest BCUT2D eigenvalue weighted by molar-refractivity contribution is -0.115. The van der Waals surface area contributed by atoms with Crippen molar-refractivity contribution in [2.45, 2.75) is 26.9 Å². The molecule has 0 atom stereocenters. The molecule has 0 radical (unpaired) electrons. The number of halogens is 1. The summed E-state index contributed by atoms with van der Waals surface area (Å²) in [5, 5.41) is 3.99. The first-order valence-electron chi connectivity index (χ1n) is 8.76. The van der Waals surface area contributed by atoms with Gasteiger partial charge in [-0.3, -0.25) is 4.79 Å². The van der Waals surface area contributed by atoms with E-state index in [0.717, 1.165) is 16.8 Å². The predicted molar refractivity (Wildman–Crippen MR) is 116 cm³/mol. The summed E-state index contributed by atoms with van der Waals surface area (Å²) < 4.78 is 11.1. The summed E-state index contributed by atoms with van der Waals surface area (Å²) in [4.78, 5) is 17.4. The van der Waals surface area contributed by atoms with Crippen LogP contribution in [0.5, 0.6) is 11.5 Å². The Bertz CT molecular complexity index is 970. The van der Waals surface area contributed by atoms with E-state index in [1.807, 2.05) is 51.1 Å². The highest BCUT2D eigenvalue weighted by atomic mass is 35.5. The number of nitrogens with zero attached hydrogens (tertiary/aromatic N) is 1. The Morgan fingerprint density at radius 1 is 1.18 bits per heavy atom. The molecule has 3 rings (SSSR count). The number of rotatable bonds is 5. The molecule has 0 aliphatic carbocycles. The molecule has 1 aliphatic heterocycles. The third-order valence-corrected chi connectivity index (χ3v) is 5.02. The number of ether oxygens (including phenoxy) is 2. The number of hydrogen-bond donors (Lipinski definition) is 1. The minimum atomic E-state index is -0.183. The van der Waals surface area contributed by atoms with Crippen molar-refractivity contribution in [3.05, 3.63) is 57.5 Å². The molecule has 0 saturated carbocycles. The number of nitrogens with one attached hydrogen (secondary N) is 1. The number of thioether (sulfide) groups is 1. The van der Waals surface area contributed by atoms with Crippen molar-refractivity contribution in [3.63, 3.8) is 0 Å². The van der Waals surface area contributed by atoms with Gasteiger partial charge in [0.2, 0.25) is 0 Å². The maximum Gasteiger partial charge on any atom is 0.264 e. The topological polar surface area (TPSA) is 59.9 Å². The van der Waals surface area contributed by atoms with E-state index < -0.39 is 0 Å². The average molecular weight is 417 g/mol. The van der Waals surface area contributed by atoms with E-state index in [1.165, 1.54) is 11.8 Å². The van der Waals surface area contributed by atoms with Gasteiger partial charge in [-0.2, -0.15) is 0 Å². The van der Waals surface area contributed by atoms with E-state index >= 15 is 0 Å². The zero-order valence-corrected chi connectivity index (χ0v) is 17.6. The number of benzene rings is 2. The third kappa shape index (κ3) is 4.88. The van der Waals surface area contributed by atoms with Crippen molar-refractivity contribution < 1.29 is 14.3 Å². The van der Waals surface area contributed by atoms with Crippen molar-refractivity contribution >= 4 is 46.2 Å². The summed E-state index contributed by atoms with van der Waals surface area (Å²) in [6.45, 7) is 5.84. The van der Waals surface area contributed by atoms with Gasteiger partial charge < -0.3 is 14.8 Å². The fourth-order valence-electron chi connectivity index (χ4n) is 2.61. The molecule has 28 heavy (non-hydrogen) atoms. The first-order chi connectivity index (χ1) is 13.4. The predicted octanol–water partition coefficient (Wildman–Crippen LogP) is 5.34. The highest BCUT2D eigenvalue weighted by Crippen LogP contribution is 2.33. The van der Waals surface area contributed by atoms with Crippen LogP contribution in [-0.2, 0) is 4.79 Å². The van der Waals surface area contributed by atoms with Crippen LogP contribution in [0.2, 0.25) is 5.02 Å². The van der Waals surface area contributed by atoms with E-state index in [0.29, 0.717) is 26.6 Å².